The van der Waals surface area contributed by atoms with Crippen LogP contribution < -0.4 is 0 Å². The van der Waals surface area contributed by atoms with E-state index in [0.717, 1.165) is 11.5 Å². The molecule has 2 aromatic rings. The fraction of sp³-hybridized carbons (Fsp3) is 0.500. The van der Waals surface area contributed by atoms with Gasteiger partial charge in [0.25, 0.3) is 0 Å². The van der Waals surface area contributed by atoms with Gasteiger partial charge in [0.2, 0.25) is 0 Å². The van der Waals surface area contributed by atoms with Gasteiger partial charge in [-0.05, 0) is 12.8 Å². The molecular formula is C12H13Cl2N3. The van der Waals surface area contributed by atoms with Crippen LogP contribution in [0.1, 0.15) is 43.8 Å². The van der Waals surface area contributed by atoms with Crippen molar-refractivity contribution in [3.8, 4) is 0 Å². The summed E-state index contributed by atoms with van der Waals surface area (Å²) in [5.41, 5.74) is 0.739. The summed E-state index contributed by atoms with van der Waals surface area (Å²) in [5.74, 6) is 1.54. The molecule has 0 atom stereocenters. The van der Waals surface area contributed by atoms with E-state index in [9.17, 15) is 0 Å². The van der Waals surface area contributed by atoms with Crippen LogP contribution in [0, 0.1) is 0 Å². The van der Waals surface area contributed by atoms with E-state index < -0.39 is 0 Å². The van der Waals surface area contributed by atoms with Crippen LogP contribution in [-0.4, -0.2) is 14.4 Å². The highest BCUT2D eigenvalue weighted by Gasteiger charge is 2.21. The summed E-state index contributed by atoms with van der Waals surface area (Å²) in [5, 5.41) is 1.01. The molecule has 0 saturated heterocycles. The van der Waals surface area contributed by atoms with Crippen LogP contribution in [0.4, 0.5) is 0 Å². The normalized spacial score (nSPS) is 17.8. The first-order valence-electron chi connectivity index (χ1n) is 5.95. The van der Waals surface area contributed by atoms with Gasteiger partial charge in [-0.2, -0.15) is 0 Å². The summed E-state index contributed by atoms with van der Waals surface area (Å²) in [4.78, 5) is 8.71. The highest BCUT2D eigenvalue weighted by atomic mass is 35.5. The average Bonchev–Trinajstić information content (AvgIpc) is 2.74. The average molecular weight is 270 g/mol. The van der Waals surface area contributed by atoms with Crippen molar-refractivity contribution in [3.05, 3.63) is 28.4 Å². The highest BCUT2D eigenvalue weighted by Crippen LogP contribution is 2.33. The fourth-order valence-electron chi connectivity index (χ4n) is 2.61. The van der Waals surface area contributed by atoms with E-state index in [0.29, 0.717) is 16.2 Å². The number of imidazole rings is 1. The lowest BCUT2D eigenvalue weighted by Crippen LogP contribution is -2.09. The van der Waals surface area contributed by atoms with Crippen molar-refractivity contribution in [2.45, 2.75) is 38.0 Å². The van der Waals surface area contributed by atoms with Crippen molar-refractivity contribution in [2.75, 3.05) is 0 Å². The number of fused-ring (bicyclic) bond motifs is 1. The molecule has 3 nitrogen and oxygen atoms in total. The third-order valence-corrected chi connectivity index (χ3v) is 3.89. The van der Waals surface area contributed by atoms with E-state index in [2.05, 4.69) is 9.97 Å². The van der Waals surface area contributed by atoms with Crippen LogP contribution in [0.3, 0.4) is 0 Å². The van der Waals surface area contributed by atoms with Gasteiger partial charge in [0.15, 0.2) is 5.65 Å². The molecule has 1 saturated carbocycles. The lowest BCUT2D eigenvalue weighted by Gasteiger charge is -2.20. The predicted octanol–water partition coefficient (Wildman–Crippen LogP) is 4.08. The number of halogens is 2. The summed E-state index contributed by atoms with van der Waals surface area (Å²) >= 11 is 12.1. The number of hydrogen-bond donors (Lipinski definition) is 0. The molecule has 90 valence electrons. The van der Waals surface area contributed by atoms with Gasteiger partial charge in [0.1, 0.15) is 16.1 Å². The molecule has 0 unspecified atom stereocenters. The van der Waals surface area contributed by atoms with Crippen LogP contribution in [0.15, 0.2) is 12.3 Å². The van der Waals surface area contributed by atoms with Crippen molar-refractivity contribution >= 4 is 28.8 Å². The van der Waals surface area contributed by atoms with E-state index >= 15 is 0 Å². The van der Waals surface area contributed by atoms with Crippen molar-refractivity contribution in [1.82, 2.24) is 14.4 Å². The zero-order valence-corrected chi connectivity index (χ0v) is 10.9. The Labute approximate surface area is 110 Å². The fourth-order valence-corrected chi connectivity index (χ4v) is 3.13. The van der Waals surface area contributed by atoms with E-state index in [1.807, 2.05) is 4.40 Å². The van der Waals surface area contributed by atoms with Gasteiger partial charge >= 0.3 is 0 Å². The summed E-state index contributed by atoms with van der Waals surface area (Å²) < 4.78 is 1.92. The molecule has 2 heterocycles. The third kappa shape index (κ3) is 2.02. The Bertz CT molecular complexity index is 544. The highest BCUT2D eigenvalue weighted by molar-refractivity contribution is 6.33. The van der Waals surface area contributed by atoms with Crippen molar-refractivity contribution < 1.29 is 0 Å². The molecule has 0 aromatic carbocycles. The van der Waals surface area contributed by atoms with Crippen molar-refractivity contribution in [2.24, 2.45) is 0 Å². The van der Waals surface area contributed by atoms with Crippen LogP contribution in [0.2, 0.25) is 10.3 Å². The summed E-state index contributed by atoms with van der Waals surface area (Å²) in [6.45, 7) is 0. The third-order valence-electron chi connectivity index (χ3n) is 3.41. The summed E-state index contributed by atoms with van der Waals surface area (Å²) in [6, 6.07) is 1.67. The molecule has 3 rings (SSSR count). The Morgan fingerprint density at radius 2 is 1.94 bits per heavy atom. The molecule has 1 fully saturated rings. The number of hydrogen-bond acceptors (Lipinski definition) is 2. The number of aromatic nitrogens is 3. The van der Waals surface area contributed by atoms with Crippen LogP contribution in [-0.2, 0) is 0 Å². The first kappa shape index (κ1) is 11.3. The summed E-state index contributed by atoms with van der Waals surface area (Å²) in [7, 11) is 0. The first-order valence-corrected chi connectivity index (χ1v) is 6.70. The molecule has 1 aliphatic rings. The molecule has 0 N–H and O–H groups in total. The molecule has 1 aliphatic carbocycles. The van der Waals surface area contributed by atoms with Crippen LogP contribution in [0.5, 0.6) is 0 Å². The van der Waals surface area contributed by atoms with Gasteiger partial charge < -0.3 is 0 Å². The van der Waals surface area contributed by atoms with Gasteiger partial charge in [0, 0.05) is 12.0 Å². The predicted molar refractivity (Wildman–Crippen MR) is 68.8 cm³/mol. The van der Waals surface area contributed by atoms with Crippen molar-refractivity contribution in [3.63, 3.8) is 0 Å². The number of nitrogens with zero attached hydrogens (tertiary/aromatic N) is 3. The Morgan fingerprint density at radius 3 is 2.71 bits per heavy atom. The maximum Gasteiger partial charge on any atom is 0.159 e. The Hall–Kier alpha value is -0.800. The molecule has 0 amide bonds. The van der Waals surface area contributed by atoms with Crippen molar-refractivity contribution in [1.29, 1.82) is 0 Å². The molecule has 0 radical (unpaired) electrons. The summed E-state index contributed by atoms with van der Waals surface area (Å²) in [6.07, 6.45) is 8.02. The maximum absolute atomic E-state index is 6.23. The second-order valence-electron chi connectivity index (χ2n) is 4.55. The quantitative estimate of drug-likeness (QED) is 0.731. The molecule has 0 bridgehead atoms. The molecule has 0 spiro atoms. The molecule has 17 heavy (non-hydrogen) atoms. The van der Waals surface area contributed by atoms with E-state index in [4.69, 9.17) is 23.2 Å². The number of rotatable bonds is 1. The zero-order valence-electron chi connectivity index (χ0n) is 9.37. The van der Waals surface area contributed by atoms with Crippen LogP contribution in [0.25, 0.3) is 5.65 Å². The molecule has 5 heteroatoms. The minimum Gasteiger partial charge on any atom is -0.270 e. The standard InChI is InChI=1S/C12H13Cl2N3/c13-9-6-10(14)17-11(16-9)7-15-12(17)8-4-2-1-3-5-8/h6-8H,1-5H2. The Balaban J connectivity index is 2.10. The SMILES string of the molecule is Clc1cc(Cl)n2c(C3CCCCC3)ncc2n1. The maximum atomic E-state index is 6.23. The lowest BCUT2D eigenvalue weighted by atomic mass is 9.89. The van der Waals surface area contributed by atoms with E-state index in [-0.39, 0.29) is 0 Å². The van der Waals surface area contributed by atoms with Gasteiger partial charge in [-0.1, -0.05) is 42.5 Å². The first-order chi connectivity index (χ1) is 8.25. The molecular weight excluding hydrogens is 257 g/mol. The topological polar surface area (TPSA) is 30.2 Å². The van der Waals surface area contributed by atoms with Gasteiger partial charge in [-0.15, -0.1) is 0 Å². The molecule has 0 aliphatic heterocycles. The van der Waals surface area contributed by atoms with Gasteiger partial charge in [0.05, 0.1) is 6.20 Å². The lowest BCUT2D eigenvalue weighted by molar-refractivity contribution is 0.427. The largest absolute Gasteiger partial charge is 0.270 e. The van der Waals surface area contributed by atoms with E-state index in [1.165, 1.54) is 32.1 Å². The second kappa shape index (κ2) is 4.46. The molecule has 2 aromatic heterocycles. The van der Waals surface area contributed by atoms with Gasteiger partial charge in [-0.3, -0.25) is 4.40 Å². The zero-order chi connectivity index (χ0) is 11.8. The Morgan fingerprint density at radius 1 is 1.18 bits per heavy atom. The minimum absolute atomic E-state index is 0.414. The smallest absolute Gasteiger partial charge is 0.159 e. The van der Waals surface area contributed by atoms with E-state index in [1.54, 1.807) is 12.3 Å². The second-order valence-corrected chi connectivity index (χ2v) is 5.32. The van der Waals surface area contributed by atoms with Crippen LogP contribution >= 0.6 is 23.2 Å². The minimum atomic E-state index is 0.414. The monoisotopic (exact) mass is 269 g/mol. The Kier molecular flexibility index (Phi) is 2.97. The van der Waals surface area contributed by atoms with Gasteiger partial charge in [-0.25, -0.2) is 9.97 Å².